The molecule has 1 atom stereocenters. The first-order valence-electron chi connectivity index (χ1n) is 8.10. The van der Waals surface area contributed by atoms with Crippen molar-refractivity contribution in [2.24, 2.45) is 5.92 Å². The fourth-order valence-electron chi connectivity index (χ4n) is 3.47. The molecule has 2 amide bonds. The van der Waals surface area contributed by atoms with E-state index < -0.39 is 17.8 Å². The molecule has 1 aliphatic carbocycles. The van der Waals surface area contributed by atoms with Gasteiger partial charge in [0.1, 0.15) is 6.04 Å². The van der Waals surface area contributed by atoms with Gasteiger partial charge in [-0.15, -0.1) is 0 Å². The van der Waals surface area contributed by atoms with E-state index >= 15 is 0 Å². The number of likely N-dealkylation sites (tertiary alicyclic amines) is 1. The van der Waals surface area contributed by atoms with Gasteiger partial charge < -0.3 is 4.84 Å². The van der Waals surface area contributed by atoms with E-state index in [1.165, 1.54) is 0 Å². The zero-order valence-corrected chi connectivity index (χ0v) is 12.7. The number of carbonyl (C=O) groups excluding carboxylic acids is 3. The van der Waals surface area contributed by atoms with E-state index in [2.05, 4.69) is 4.90 Å². The van der Waals surface area contributed by atoms with Crippen LogP contribution in [-0.4, -0.2) is 46.9 Å². The minimum Gasteiger partial charge on any atom is -0.328 e. The maximum Gasteiger partial charge on any atom is 0.350 e. The second kappa shape index (κ2) is 5.45. The number of rotatable bonds is 4. The van der Waals surface area contributed by atoms with Crippen LogP contribution in [0.2, 0.25) is 0 Å². The molecule has 6 nitrogen and oxygen atoms in total. The Bertz CT molecular complexity index is 642. The summed E-state index contributed by atoms with van der Waals surface area (Å²) in [7, 11) is 0. The number of fused-ring (bicyclic) bond motifs is 1. The van der Waals surface area contributed by atoms with Gasteiger partial charge in [0.05, 0.1) is 11.1 Å². The fourth-order valence-corrected chi connectivity index (χ4v) is 3.47. The number of nitrogens with zero attached hydrogens (tertiary/aromatic N) is 2. The molecule has 0 N–H and O–H groups in total. The SMILES string of the molecule is O=C(ON1C(=O)c2ccccc2C1=O)C(C1CC1)N1CCCC1. The molecule has 0 radical (unpaired) electrons. The molecular formula is C17H18N2O4. The van der Waals surface area contributed by atoms with Gasteiger partial charge >= 0.3 is 5.97 Å². The number of amides is 2. The van der Waals surface area contributed by atoms with Gasteiger partial charge in [-0.3, -0.25) is 14.5 Å². The maximum atomic E-state index is 12.6. The van der Waals surface area contributed by atoms with Crippen molar-refractivity contribution in [3.05, 3.63) is 35.4 Å². The first-order chi connectivity index (χ1) is 11.2. The van der Waals surface area contributed by atoms with E-state index in [0.29, 0.717) is 5.06 Å². The van der Waals surface area contributed by atoms with Crippen LogP contribution in [0.15, 0.2) is 24.3 Å². The van der Waals surface area contributed by atoms with Crippen LogP contribution in [-0.2, 0) is 9.63 Å². The Labute approximate surface area is 134 Å². The maximum absolute atomic E-state index is 12.6. The van der Waals surface area contributed by atoms with E-state index in [1.807, 2.05) is 0 Å². The number of hydroxylamine groups is 2. The zero-order chi connectivity index (χ0) is 16.0. The molecule has 6 heteroatoms. The van der Waals surface area contributed by atoms with E-state index in [4.69, 9.17) is 4.84 Å². The summed E-state index contributed by atoms with van der Waals surface area (Å²) in [5.74, 6) is -1.32. The summed E-state index contributed by atoms with van der Waals surface area (Å²) >= 11 is 0. The highest BCUT2D eigenvalue weighted by Crippen LogP contribution is 2.37. The van der Waals surface area contributed by atoms with Crippen LogP contribution >= 0.6 is 0 Å². The quantitative estimate of drug-likeness (QED) is 0.790. The number of hydrogen-bond acceptors (Lipinski definition) is 5. The number of benzene rings is 1. The average molecular weight is 314 g/mol. The summed E-state index contributed by atoms with van der Waals surface area (Å²) < 4.78 is 0. The Hall–Kier alpha value is -2.21. The third-order valence-corrected chi connectivity index (χ3v) is 4.78. The van der Waals surface area contributed by atoms with Gasteiger partial charge in [-0.1, -0.05) is 17.2 Å². The molecular weight excluding hydrogens is 296 g/mol. The van der Waals surface area contributed by atoms with Crippen LogP contribution in [0.25, 0.3) is 0 Å². The minimum absolute atomic E-state index is 0.287. The van der Waals surface area contributed by atoms with Crippen LogP contribution in [0.5, 0.6) is 0 Å². The normalized spacial score (nSPS) is 22.3. The Morgan fingerprint density at radius 1 is 1.04 bits per heavy atom. The summed E-state index contributed by atoms with van der Waals surface area (Å²) in [5, 5.41) is 0.623. The first kappa shape index (κ1) is 14.4. The van der Waals surface area contributed by atoms with Gasteiger partial charge in [-0.25, -0.2) is 4.79 Å². The lowest BCUT2D eigenvalue weighted by atomic mass is 10.1. The standard InChI is InChI=1S/C17H18N2O4/c20-15-12-5-1-2-6-13(12)16(21)19(15)23-17(22)14(11-7-8-11)18-9-3-4-10-18/h1-2,5-6,11,14H,3-4,7-10H2. The smallest absolute Gasteiger partial charge is 0.328 e. The lowest BCUT2D eigenvalue weighted by Crippen LogP contribution is -2.45. The zero-order valence-electron chi connectivity index (χ0n) is 12.7. The van der Waals surface area contributed by atoms with Crippen molar-refractivity contribution in [2.75, 3.05) is 13.1 Å². The molecule has 1 unspecified atom stereocenters. The predicted molar refractivity (Wildman–Crippen MR) is 80.4 cm³/mol. The highest BCUT2D eigenvalue weighted by atomic mass is 16.7. The van der Waals surface area contributed by atoms with E-state index in [9.17, 15) is 14.4 Å². The van der Waals surface area contributed by atoms with Gasteiger partial charge in [-0.2, -0.15) is 0 Å². The molecule has 0 bridgehead atoms. The molecule has 0 aromatic heterocycles. The molecule has 1 saturated heterocycles. The second-order valence-corrected chi connectivity index (χ2v) is 6.39. The lowest BCUT2D eigenvalue weighted by molar-refractivity contribution is -0.175. The molecule has 4 rings (SSSR count). The van der Waals surface area contributed by atoms with E-state index in [0.717, 1.165) is 38.8 Å². The van der Waals surface area contributed by atoms with Gasteiger partial charge in [0.2, 0.25) is 0 Å². The van der Waals surface area contributed by atoms with E-state index in [-0.39, 0.29) is 23.1 Å². The third-order valence-electron chi connectivity index (χ3n) is 4.78. The topological polar surface area (TPSA) is 66.9 Å². The minimum atomic E-state index is -0.560. The van der Waals surface area contributed by atoms with Crippen LogP contribution in [0, 0.1) is 5.92 Å². The Morgan fingerprint density at radius 2 is 1.61 bits per heavy atom. The third kappa shape index (κ3) is 2.43. The molecule has 3 aliphatic rings. The lowest BCUT2D eigenvalue weighted by Gasteiger charge is -2.26. The Kier molecular flexibility index (Phi) is 3.41. The van der Waals surface area contributed by atoms with Crippen molar-refractivity contribution in [1.29, 1.82) is 0 Å². The molecule has 23 heavy (non-hydrogen) atoms. The number of hydrogen-bond donors (Lipinski definition) is 0. The van der Waals surface area contributed by atoms with E-state index in [1.54, 1.807) is 24.3 Å². The molecule has 2 heterocycles. The molecule has 2 aliphatic heterocycles. The van der Waals surface area contributed by atoms with Gasteiger partial charge in [-0.05, 0) is 56.8 Å². The molecule has 2 fully saturated rings. The van der Waals surface area contributed by atoms with Crippen molar-refractivity contribution in [1.82, 2.24) is 9.96 Å². The summed E-state index contributed by atoms with van der Waals surface area (Å²) in [4.78, 5) is 44.5. The molecule has 0 spiro atoms. The van der Waals surface area contributed by atoms with Crippen molar-refractivity contribution in [2.45, 2.75) is 31.7 Å². The van der Waals surface area contributed by atoms with Crippen LogP contribution in [0.4, 0.5) is 0 Å². The van der Waals surface area contributed by atoms with Gasteiger partial charge in [0.25, 0.3) is 11.8 Å². The molecule has 1 aromatic rings. The highest BCUT2D eigenvalue weighted by molar-refractivity contribution is 6.20. The monoisotopic (exact) mass is 314 g/mol. The second-order valence-electron chi connectivity index (χ2n) is 6.39. The molecule has 1 aromatic carbocycles. The highest BCUT2D eigenvalue weighted by Gasteiger charge is 2.45. The van der Waals surface area contributed by atoms with Crippen molar-refractivity contribution < 1.29 is 19.2 Å². The van der Waals surface area contributed by atoms with Crippen LogP contribution in [0.1, 0.15) is 46.4 Å². The van der Waals surface area contributed by atoms with Crippen molar-refractivity contribution in [3.63, 3.8) is 0 Å². The van der Waals surface area contributed by atoms with Crippen LogP contribution < -0.4 is 0 Å². The Morgan fingerprint density at radius 3 is 2.13 bits per heavy atom. The van der Waals surface area contributed by atoms with Crippen LogP contribution in [0.3, 0.4) is 0 Å². The predicted octanol–water partition coefficient (Wildman–Crippen LogP) is 1.62. The largest absolute Gasteiger partial charge is 0.350 e. The summed E-state index contributed by atoms with van der Waals surface area (Å²) in [6, 6.07) is 6.19. The first-order valence-corrected chi connectivity index (χ1v) is 8.10. The van der Waals surface area contributed by atoms with Gasteiger partial charge in [0, 0.05) is 0 Å². The summed E-state index contributed by atoms with van der Waals surface area (Å²) in [6.45, 7) is 1.75. The molecule has 120 valence electrons. The number of imide groups is 1. The van der Waals surface area contributed by atoms with Crippen molar-refractivity contribution >= 4 is 17.8 Å². The summed E-state index contributed by atoms with van der Waals surface area (Å²) in [6.07, 6.45) is 4.14. The number of carbonyl (C=O) groups is 3. The Balaban J connectivity index is 1.52. The van der Waals surface area contributed by atoms with Crippen molar-refractivity contribution in [3.8, 4) is 0 Å². The average Bonchev–Trinajstić information content (AvgIpc) is 3.19. The fraction of sp³-hybridized carbons (Fsp3) is 0.471. The van der Waals surface area contributed by atoms with Gasteiger partial charge in [0.15, 0.2) is 0 Å². The summed E-state index contributed by atoms with van der Waals surface area (Å²) in [5.41, 5.74) is 0.573. The molecule has 1 saturated carbocycles.